The number of anilines is 1. The highest BCUT2D eigenvalue weighted by Gasteiger charge is 2.47. The number of ether oxygens (including phenoxy) is 2. The van der Waals surface area contributed by atoms with E-state index in [9.17, 15) is 27.9 Å². The van der Waals surface area contributed by atoms with Crippen LogP contribution in [0.25, 0.3) is 15.9 Å². The number of halogens is 3. The lowest BCUT2D eigenvalue weighted by Gasteiger charge is -2.39. The number of thiazole rings is 1. The van der Waals surface area contributed by atoms with Crippen molar-refractivity contribution in [1.29, 1.82) is 0 Å². The summed E-state index contributed by atoms with van der Waals surface area (Å²) < 4.78 is 50.5. The summed E-state index contributed by atoms with van der Waals surface area (Å²) in [5, 5.41) is 10.2. The summed E-state index contributed by atoms with van der Waals surface area (Å²) in [6.07, 6.45) is -1.33. The molecule has 12 heteroatoms. The van der Waals surface area contributed by atoms with Crippen molar-refractivity contribution < 1.29 is 37.3 Å². The van der Waals surface area contributed by atoms with Crippen molar-refractivity contribution >= 4 is 44.1 Å². The zero-order valence-corrected chi connectivity index (χ0v) is 23.6. The van der Waals surface area contributed by atoms with E-state index < -0.39 is 18.1 Å². The third-order valence-electron chi connectivity index (χ3n) is 8.37. The fraction of sp³-hybridized carbons (Fsp3) is 0.433. The Bertz CT molecular complexity index is 1570. The number of carboxylic acid groups (broad SMARTS) is 1. The number of carboxylic acids is 1. The molecule has 0 spiro atoms. The molecule has 3 aromatic rings. The molecule has 1 aliphatic carbocycles. The third-order valence-corrected chi connectivity index (χ3v) is 9.40. The lowest BCUT2D eigenvalue weighted by molar-refractivity contribution is -0.274. The number of carbonyl (C=O) groups is 2. The first-order chi connectivity index (χ1) is 20.0. The molecule has 8 nitrogen and oxygen atoms in total. The van der Waals surface area contributed by atoms with Gasteiger partial charge >= 0.3 is 12.3 Å². The molecule has 3 unspecified atom stereocenters. The normalized spacial score (nSPS) is 24.5. The molecule has 3 heterocycles. The molecule has 0 amide bonds. The number of aromatic nitrogens is 1. The van der Waals surface area contributed by atoms with Crippen LogP contribution in [0.5, 0.6) is 5.75 Å². The molecule has 2 aromatic carbocycles. The topological polar surface area (TPSA) is 115 Å². The molecule has 222 valence electrons. The molecule has 2 saturated heterocycles. The van der Waals surface area contributed by atoms with Crippen LogP contribution in [0.3, 0.4) is 0 Å². The fourth-order valence-electron chi connectivity index (χ4n) is 6.20. The first-order valence-corrected chi connectivity index (χ1v) is 14.7. The number of rotatable bonds is 9. The van der Waals surface area contributed by atoms with Gasteiger partial charge in [0.1, 0.15) is 5.75 Å². The number of aromatic carboxylic acids is 1. The minimum absolute atomic E-state index is 0.00725. The third kappa shape index (κ3) is 5.69. The second kappa shape index (κ2) is 10.9. The lowest BCUT2D eigenvalue weighted by atomic mass is 9.97. The van der Waals surface area contributed by atoms with Crippen LogP contribution in [0.1, 0.15) is 54.9 Å². The Morgan fingerprint density at radius 3 is 2.60 bits per heavy atom. The number of fused-ring (bicyclic) bond motifs is 3. The van der Waals surface area contributed by atoms with Gasteiger partial charge < -0.3 is 25.2 Å². The van der Waals surface area contributed by atoms with E-state index in [1.54, 1.807) is 24.3 Å². The van der Waals surface area contributed by atoms with Gasteiger partial charge in [0, 0.05) is 29.1 Å². The van der Waals surface area contributed by atoms with Gasteiger partial charge in [-0.15, -0.1) is 13.2 Å². The van der Waals surface area contributed by atoms with Crippen LogP contribution in [0.2, 0.25) is 0 Å². The van der Waals surface area contributed by atoms with Gasteiger partial charge in [-0.3, -0.25) is 4.79 Å². The highest BCUT2D eigenvalue weighted by atomic mass is 32.1. The Kier molecular flexibility index (Phi) is 7.38. The van der Waals surface area contributed by atoms with Gasteiger partial charge in [-0.25, -0.2) is 9.78 Å². The molecule has 1 aromatic heterocycles. The molecule has 1 saturated carbocycles. The number of nitrogens with zero attached hydrogens (tertiary/aromatic N) is 2. The van der Waals surface area contributed by atoms with Gasteiger partial charge in [0.25, 0.3) is 0 Å². The SMILES string of the molecule is C[C@@H]1CC2CC(OCC(C(=O)C3CC3)=C(N)c3ccccc3OC(F)(F)F)CC1N2c1nc2ccc(C(=O)O)cc2s1. The van der Waals surface area contributed by atoms with Crippen LogP contribution in [0, 0.1) is 11.8 Å². The predicted molar refractivity (Wildman–Crippen MR) is 151 cm³/mol. The molecule has 2 bridgehead atoms. The van der Waals surface area contributed by atoms with Crippen LogP contribution in [-0.2, 0) is 9.53 Å². The molecule has 3 fully saturated rings. The van der Waals surface area contributed by atoms with Crippen LogP contribution in [0.4, 0.5) is 18.3 Å². The summed E-state index contributed by atoms with van der Waals surface area (Å²) in [6.45, 7) is 2.09. The summed E-state index contributed by atoms with van der Waals surface area (Å²) in [4.78, 5) is 31.8. The maximum atomic E-state index is 13.2. The number of hydrogen-bond acceptors (Lipinski definition) is 8. The Morgan fingerprint density at radius 2 is 1.90 bits per heavy atom. The minimum Gasteiger partial charge on any atom is -0.478 e. The fourth-order valence-corrected chi connectivity index (χ4v) is 7.33. The van der Waals surface area contributed by atoms with Gasteiger partial charge in [-0.1, -0.05) is 30.4 Å². The number of piperidine rings is 1. The Hall–Kier alpha value is -3.64. The number of ketones is 1. The molecule has 0 radical (unpaired) electrons. The summed E-state index contributed by atoms with van der Waals surface area (Å²) in [7, 11) is 0. The summed E-state index contributed by atoms with van der Waals surface area (Å²) in [5.41, 5.74) is 7.47. The molecular formula is C30H30F3N3O5S. The van der Waals surface area contributed by atoms with E-state index >= 15 is 0 Å². The zero-order valence-electron chi connectivity index (χ0n) is 22.8. The summed E-state index contributed by atoms with van der Waals surface area (Å²) >= 11 is 1.48. The molecule has 2 aliphatic heterocycles. The molecule has 3 N–H and O–H groups in total. The van der Waals surface area contributed by atoms with Crippen molar-refractivity contribution in [3.05, 3.63) is 59.2 Å². The van der Waals surface area contributed by atoms with Gasteiger partial charge in [-0.2, -0.15) is 0 Å². The van der Waals surface area contributed by atoms with Crippen molar-refractivity contribution in [2.24, 2.45) is 17.6 Å². The Balaban J connectivity index is 1.21. The number of alkyl halides is 3. The quantitative estimate of drug-likeness (QED) is 0.287. The molecule has 3 aliphatic rings. The van der Waals surface area contributed by atoms with E-state index in [1.807, 2.05) is 0 Å². The Labute approximate surface area is 243 Å². The van der Waals surface area contributed by atoms with Crippen LogP contribution < -0.4 is 15.4 Å². The smallest absolute Gasteiger partial charge is 0.478 e. The second-order valence-corrected chi connectivity index (χ2v) is 12.3. The van der Waals surface area contributed by atoms with Crippen LogP contribution in [-0.4, -0.2) is 53.0 Å². The minimum atomic E-state index is -4.90. The average Bonchev–Trinajstić information content (AvgIpc) is 3.66. The van der Waals surface area contributed by atoms with E-state index in [1.165, 1.54) is 29.5 Å². The van der Waals surface area contributed by atoms with Crippen molar-refractivity contribution in [3.8, 4) is 5.75 Å². The monoisotopic (exact) mass is 601 g/mol. The average molecular weight is 602 g/mol. The van der Waals surface area contributed by atoms with Gasteiger partial charge in [-0.05, 0) is 68.4 Å². The zero-order chi connectivity index (χ0) is 29.8. The van der Waals surface area contributed by atoms with E-state index in [0.717, 1.165) is 21.8 Å². The number of Topliss-reactive ketones (excluding diaryl/α,β-unsaturated/α-hetero) is 1. The standard InChI is InChI=1S/C30H30F3N3O5S/c1-15-10-18-12-19(13-23(15)36(18)29-35-22-9-8-17(28(38)39)11-25(22)42-29)40-14-21(27(37)16-6-7-16)26(34)20-4-2-3-5-24(20)41-30(31,32)33/h2-5,8-9,11,15-16,18-19,23H,6-7,10,12-14,34H2,1H3,(H,38,39)/t15-,18?,19?,23?/m1/s1. The van der Waals surface area contributed by atoms with Gasteiger partial charge in [0.2, 0.25) is 0 Å². The van der Waals surface area contributed by atoms with Crippen LogP contribution in [0.15, 0.2) is 48.0 Å². The van der Waals surface area contributed by atoms with E-state index in [0.29, 0.717) is 31.6 Å². The molecule has 42 heavy (non-hydrogen) atoms. The first kappa shape index (κ1) is 28.5. The number of para-hydroxylation sites is 1. The molecule has 4 atom stereocenters. The predicted octanol–water partition coefficient (Wildman–Crippen LogP) is 6.00. The van der Waals surface area contributed by atoms with E-state index in [4.69, 9.17) is 15.5 Å². The van der Waals surface area contributed by atoms with E-state index in [-0.39, 0.29) is 58.9 Å². The maximum absolute atomic E-state index is 13.2. The lowest BCUT2D eigenvalue weighted by Crippen LogP contribution is -2.46. The highest BCUT2D eigenvalue weighted by Crippen LogP contribution is 2.46. The van der Waals surface area contributed by atoms with Crippen molar-refractivity contribution in [1.82, 2.24) is 4.98 Å². The van der Waals surface area contributed by atoms with Crippen molar-refractivity contribution in [3.63, 3.8) is 0 Å². The largest absolute Gasteiger partial charge is 0.573 e. The summed E-state index contributed by atoms with van der Waals surface area (Å²) in [6, 6.07) is 10.8. The van der Waals surface area contributed by atoms with Crippen LogP contribution >= 0.6 is 11.3 Å². The van der Waals surface area contributed by atoms with Gasteiger partial charge in [0.05, 0.1) is 34.2 Å². The molecule has 6 rings (SSSR count). The number of hydrogen-bond donors (Lipinski definition) is 2. The van der Waals surface area contributed by atoms with Gasteiger partial charge in [0.15, 0.2) is 10.9 Å². The number of nitrogens with two attached hydrogens (primary N) is 1. The summed E-state index contributed by atoms with van der Waals surface area (Å²) in [5.74, 6) is -1.47. The van der Waals surface area contributed by atoms with Crippen molar-refractivity contribution in [2.45, 2.75) is 63.6 Å². The molecular weight excluding hydrogens is 571 g/mol. The first-order valence-electron chi connectivity index (χ1n) is 13.9. The Morgan fingerprint density at radius 1 is 1.14 bits per heavy atom. The van der Waals surface area contributed by atoms with Crippen molar-refractivity contribution in [2.75, 3.05) is 11.5 Å². The number of benzene rings is 2. The highest BCUT2D eigenvalue weighted by molar-refractivity contribution is 7.22. The maximum Gasteiger partial charge on any atom is 0.573 e. The van der Waals surface area contributed by atoms with E-state index in [2.05, 4.69) is 16.6 Å². The second-order valence-electron chi connectivity index (χ2n) is 11.3. The number of carbonyl (C=O) groups excluding carboxylic acids is 1.